The Morgan fingerprint density at radius 1 is 0.481 bits per heavy atom. The fraction of sp³-hybridized carbons (Fsp3) is 0.879. The Morgan fingerprint density at radius 2 is 0.870 bits per heavy atom. The zero-order valence-corrected chi connectivity index (χ0v) is 49.9. The van der Waals surface area contributed by atoms with Crippen LogP contribution in [-0.2, 0) is 23.8 Å². The topological polar surface area (TPSA) is 175 Å². The van der Waals surface area contributed by atoms with Gasteiger partial charge in [-0.15, -0.1) is 0 Å². The van der Waals surface area contributed by atoms with E-state index in [0.29, 0.717) is 19.4 Å². The molecule has 1 rings (SSSR count). The first-order chi connectivity index (χ1) is 37.7. The quantitative estimate of drug-likeness (QED) is 0.0195. The van der Waals surface area contributed by atoms with Gasteiger partial charge >= 0.3 is 5.97 Å². The molecular weight excluding hydrogens is 967 g/mol. The summed E-state index contributed by atoms with van der Waals surface area (Å²) in [4.78, 5) is 25.1. The first-order valence-electron chi connectivity index (χ1n) is 32.8. The summed E-state index contributed by atoms with van der Waals surface area (Å²) < 4.78 is 16.7. The predicted octanol–water partition coefficient (Wildman–Crippen LogP) is 15.8. The fourth-order valence-corrected chi connectivity index (χ4v) is 10.3. The van der Waals surface area contributed by atoms with Crippen molar-refractivity contribution in [2.75, 3.05) is 19.8 Å². The van der Waals surface area contributed by atoms with Crippen molar-refractivity contribution >= 4 is 11.9 Å². The summed E-state index contributed by atoms with van der Waals surface area (Å²) in [6.07, 6.45) is 59.6. The molecule has 0 aliphatic carbocycles. The number of aliphatic hydroxyl groups excluding tert-OH is 5. The van der Waals surface area contributed by atoms with Crippen molar-refractivity contribution in [1.82, 2.24) is 5.32 Å². The van der Waals surface area contributed by atoms with E-state index in [2.05, 4.69) is 43.5 Å². The molecule has 0 spiro atoms. The molecule has 0 aromatic heterocycles. The molecule has 11 heteroatoms. The van der Waals surface area contributed by atoms with Gasteiger partial charge in [-0.05, 0) is 64.2 Å². The van der Waals surface area contributed by atoms with Crippen LogP contribution in [0.5, 0.6) is 0 Å². The molecular formula is C66H123NO10. The normalized spacial score (nSPS) is 18.8. The standard InChI is InChI=1S/C66H123NO10/c1-3-5-7-9-11-13-15-29-33-36-40-44-48-52-59(69)58(57-76-66-65(74)64(73)63(72)60(56-68)77-66)67-61(70)53-49-45-41-37-34-30-27-25-23-21-19-17-16-18-20-22-24-26-28-31-35-39-43-47-51-55-75-62(71)54-50-46-42-38-32-14-12-10-8-6-4-2/h17-20,48,52,58-60,63-66,68-69,72-74H,3-16,21-47,49-51,53-57H2,1-2H3,(H,67,70)/b19-17-,20-18-,52-48+. The van der Waals surface area contributed by atoms with Gasteiger partial charge in [-0.1, -0.05) is 269 Å². The number of carbonyl (C=O) groups excluding carboxylic acids is 2. The maximum Gasteiger partial charge on any atom is 0.305 e. The van der Waals surface area contributed by atoms with Gasteiger partial charge in [-0.3, -0.25) is 9.59 Å². The van der Waals surface area contributed by atoms with Crippen molar-refractivity contribution in [3.05, 3.63) is 36.5 Å². The molecule has 0 aromatic carbocycles. The monoisotopic (exact) mass is 1090 g/mol. The van der Waals surface area contributed by atoms with Gasteiger partial charge in [0.15, 0.2) is 6.29 Å². The van der Waals surface area contributed by atoms with Crippen molar-refractivity contribution in [3.8, 4) is 0 Å². The molecule has 1 aliphatic rings. The summed E-state index contributed by atoms with van der Waals surface area (Å²) in [6.45, 7) is 4.35. The van der Waals surface area contributed by atoms with E-state index < -0.39 is 49.5 Å². The Labute approximate surface area is 473 Å². The third-order valence-electron chi connectivity index (χ3n) is 15.5. The van der Waals surface area contributed by atoms with Crippen LogP contribution in [0, 0.1) is 0 Å². The molecule has 77 heavy (non-hydrogen) atoms. The van der Waals surface area contributed by atoms with Crippen LogP contribution >= 0.6 is 0 Å². The van der Waals surface area contributed by atoms with E-state index in [1.54, 1.807) is 6.08 Å². The van der Waals surface area contributed by atoms with Crippen molar-refractivity contribution < 1.29 is 49.3 Å². The maximum atomic E-state index is 13.1. The number of hydrogen-bond acceptors (Lipinski definition) is 10. The Bertz CT molecular complexity index is 1370. The van der Waals surface area contributed by atoms with Gasteiger partial charge < -0.3 is 45.1 Å². The minimum absolute atomic E-state index is 0.00183. The number of unbranched alkanes of at least 4 members (excludes halogenated alkanes) is 39. The van der Waals surface area contributed by atoms with Crippen molar-refractivity contribution in [2.24, 2.45) is 0 Å². The van der Waals surface area contributed by atoms with E-state index in [-0.39, 0.29) is 18.5 Å². The molecule has 1 amide bonds. The smallest absolute Gasteiger partial charge is 0.305 e. The molecule has 0 bridgehead atoms. The van der Waals surface area contributed by atoms with E-state index >= 15 is 0 Å². The van der Waals surface area contributed by atoms with Gasteiger partial charge in [0.05, 0.1) is 32.0 Å². The molecule has 6 N–H and O–H groups in total. The number of rotatable bonds is 57. The van der Waals surface area contributed by atoms with Crippen LogP contribution in [0.2, 0.25) is 0 Å². The molecule has 1 fully saturated rings. The van der Waals surface area contributed by atoms with Gasteiger partial charge in [0.1, 0.15) is 24.4 Å². The molecule has 0 aromatic rings. The third-order valence-corrected chi connectivity index (χ3v) is 15.5. The number of allylic oxidation sites excluding steroid dienone is 5. The Hall–Kier alpha value is -2.12. The average molecular weight is 1090 g/mol. The van der Waals surface area contributed by atoms with Gasteiger partial charge in [0.25, 0.3) is 0 Å². The van der Waals surface area contributed by atoms with E-state index in [9.17, 15) is 35.1 Å². The highest BCUT2D eigenvalue weighted by Gasteiger charge is 2.44. The number of esters is 1. The lowest BCUT2D eigenvalue weighted by atomic mass is 9.99. The van der Waals surface area contributed by atoms with Gasteiger partial charge in [0, 0.05) is 12.8 Å². The zero-order valence-electron chi connectivity index (χ0n) is 49.9. The molecule has 0 saturated carbocycles. The van der Waals surface area contributed by atoms with Crippen LogP contribution < -0.4 is 5.32 Å². The van der Waals surface area contributed by atoms with Gasteiger partial charge in [0.2, 0.25) is 5.91 Å². The molecule has 1 aliphatic heterocycles. The van der Waals surface area contributed by atoms with Gasteiger partial charge in [-0.25, -0.2) is 0 Å². The molecule has 1 saturated heterocycles. The van der Waals surface area contributed by atoms with Crippen molar-refractivity contribution in [2.45, 2.75) is 352 Å². The lowest BCUT2D eigenvalue weighted by Gasteiger charge is -2.40. The number of aliphatic hydroxyl groups is 5. The highest BCUT2D eigenvalue weighted by Crippen LogP contribution is 2.23. The molecule has 7 atom stereocenters. The molecule has 7 unspecified atom stereocenters. The molecule has 452 valence electrons. The predicted molar refractivity (Wildman–Crippen MR) is 320 cm³/mol. The Morgan fingerprint density at radius 3 is 1.31 bits per heavy atom. The van der Waals surface area contributed by atoms with Crippen molar-refractivity contribution in [1.29, 1.82) is 0 Å². The summed E-state index contributed by atoms with van der Waals surface area (Å²) in [5.74, 6) is -0.189. The summed E-state index contributed by atoms with van der Waals surface area (Å²) in [5, 5.41) is 54.4. The molecule has 0 radical (unpaired) electrons. The first kappa shape index (κ1) is 72.9. The van der Waals surface area contributed by atoms with E-state index in [1.165, 1.54) is 205 Å². The summed E-state index contributed by atoms with van der Waals surface area (Å²) in [7, 11) is 0. The number of carbonyl (C=O) groups is 2. The Balaban J connectivity index is 2.05. The highest BCUT2D eigenvalue weighted by molar-refractivity contribution is 5.76. The summed E-state index contributed by atoms with van der Waals surface area (Å²) in [6, 6.07) is -0.815. The van der Waals surface area contributed by atoms with Crippen LogP contribution in [0.4, 0.5) is 0 Å². The second-order valence-corrected chi connectivity index (χ2v) is 22.8. The number of nitrogens with one attached hydrogen (secondary N) is 1. The number of amides is 1. The van der Waals surface area contributed by atoms with E-state index in [1.807, 2.05) is 6.08 Å². The van der Waals surface area contributed by atoms with Gasteiger partial charge in [-0.2, -0.15) is 0 Å². The Kier molecular flexibility index (Phi) is 52.8. The van der Waals surface area contributed by atoms with Crippen LogP contribution in [0.3, 0.4) is 0 Å². The highest BCUT2D eigenvalue weighted by atomic mass is 16.7. The SMILES string of the molecule is CCCCCCCCCCCCC/C=C/C(O)C(COC1OC(CO)C(O)C(O)C1O)NC(=O)CCCCCCCCCCC/C=C\C/C=C\CCCCCCCCCCCOC(=O)CCCCCCCCCCCCC. The average Bonchev–Trinajstić information content (AvgIpc) is 3.43. The maximum absolute atomic E-state index is 13.1. The van der Waals surface area contributed by atoms with Crippen LogP contribution in [0.15, 0.2) is 36.5 Å². The van der Waals surface area contributed by atoms with E-state index in [0.717, 1.165) is 77.0 Å². The second kappa shape index (κ2) is 55.8. The lowest BCUT2D eigenvalue weighted by Crippen LogP contribution is -2.60. The van der Waals surface area contributed by atoms with Crippen LogP contribution in [0.25, 0.3) is 0 Å². The minimum atomic E-state index is -1.57. The van der Waals surface area contributed by atoms with Crippen molar-refractivity contribution in [3.63, 3.8) is 0 Å². The zero-order chi connectivity index (χ0) is 55.9. The second-order valence-electron chi connectivity index (χ2n) is 22.8. The number of hydrogen-bond donors (Lipinski definition) is 6. The fourth-order valence-electron chi connectivity index (χ4n) is 10.3. The third kappa shape index (κ3) is 45.2. The summed E-state index contributed by atoms with van der Waals surface area (Å²) >= 11 is 0. The molecule has 11 nitrogen and oxygen atoms in total. The van der Waals surface area contributed by atoms with Crippen LogP contribution in [0.1, 0.15) is 309 Å². The largest absolute Gasteiger partial charge is 0.466 e. The lowest BCUT2D eigenvalue weighted by molar-refractivity contribution is -0.302. The van der Waals surface area contributed by atoms with Crippen LogP contribution in [-0.4, -0.2) is 100 Å². The molecule has 1 heterocycles. The summed E-state index contributed by atoms with van der Waals surface area (Å²) in [5.41, 5.74) is 0. The van der Waals surface area contributed by atoms with E-state index in [4.69, 9.17) is 14.2 Å². The number of ether oxygens (including phenoxy) is 3. The first-order valence-corrected chi connectivity index (χ1v) is 32.8. The minimum Gasteiger partial charge on any atom is -0.466 e.